The van der Waals surface area contributed by atoms with Gasteiger partial charge < -0.3 is 5.11 Å². The van der Waals surface area contributed by atoms with Crippen LogP contribution in [0.1, 0.15) is 13.8 Å². The summed E-state index contributed by atoms with van der Waals surface area (Å²) >= 11 is 5.56. The Kier molecular flexibility index (Phi) is 5.06. The summed E-state index contributed by atoms with van der Waals surface area (Å²) < 4.78 is 52.4. The second kappa shape index (κ2) is 6.02. The predicted octanol–water partition coefficient (Wildman–Crippen LogP) is 2.01. The van der Waals surface area contributed by atoms with E-state index in [9.17, 15) is 22.0 Å². The molecule has 0 heterocycles. The summed E-state index contributed by atoms with van der Waals surface area (Å²) in [6, 6.07) is 0.0618. The number of hydrogen-bond acceptors (Lipinski definition) is 3. The quantitative estimate of drug-likeness (QED) is 0.810. The Morgan fingerprint density at radius 2 is 1.90 bits per heavy atom. The number of carboxylic acids is 1. The number of halogens is 3. The van der Waals surface area contributed by atoms with Gasteiger partial charge in [-0.3, -0.25) is 4.79 Å². The third-order valence-corrected chi connectivity index (χ3v) is 4.41. The molecule has 0 radical (unpaired) electrons. The number of sulfonamides is 1. The summed E-state index contributed by atoms with van der Waals surface area (Å²) in [4.78, 5) is 9.85. The Labute approximate surface area is 119 Å². The lowest BCUT2D eigenvalue weighted by atomic mass is 10.1. The number of rotatable bonds is 5. The normalized spacial score (nSPS) is 13.5. The zero-order chi connectivity index (χ0) is 15.7. The molecule has 112 valence electrons. The van der Waals surface area contributed by atoms with Gasteiger partial charge in [0.1, 0.15) is 10.9 Å². The van der Waals surface area contributed by atoms with Crippen LogP contribution in [0, 0.1) is 17.6 Å². The molecule has 1 atom stereocenters. The van der Waals surface area contributed by atoms with Gasteiger partial charge in [0.05, 0.1) is 5.02 Å². The topological polar surface area (TPSA) is 83.5 Å². The van der Waals surface area contributed by atoms with Crippen LogP contribution in [0.15, 0.2) is 17.0 Å². The highest BCUT2D eigenvalue weighted by Gasteiger charge is 2.32. The van der Waals surface area contributed by atoms with Gasteiger partial charge in [-0.15, -0.1) is 0 Å². The smallest absolute Gasteiger partial charge is 0.322 e. The summed E-state index contributed by atoms with van der Waals surface area (Å²) in [7, 11) is -4.61. The molecule has 0 amide bonds. The second-order valence-electron chi connectivity index (χ2n) is 4.35. The highest BCUT2D eigenvalue weighted by atomic mass is 35.5. The van der Waals surface area contributed by atoms with E-state index in [4.69, 9.17) is 16.7 Å². The third kappa shape index (κ3) is 3.44. The van der Waals surface area contributed by atoms with E-state index >= 15 is 0 Å². The lowest BCUT2D eigenvalue weighted by molar-refractivity contribution is -0.140. The lowest BCUT2D eigenvalue weighted by Gasteiger charge is -2.18. The van der Waals surface area contributed by atoms with Gasteiger partial charge in [-0.1, -0.05) is 25.4 Å². The van der Waals surface area contributed by atoms with E-state index in [0.29, 0.717) is 6.07 Å². The van der Waals surface area contributed by atoms with Crippen molar-refractivity contribution in [2.45, 2.75) is 24.8 Å². The van der Waals surface area contributed by atoms with Gasteiger partial charge in [-0.05, 0) is 18.1 Å². The molecular weight excluding hydrogens is 316 g/mol. The minimum Gasteiger partial charge on any atom is -0.480 e. The van der Waals surface area contributed by atoms with Crippen LogP contribution in [0.25, 0.3) is 0 Å². The number of carbonyl (C=O) groups is 1. The molecule has 0 spiro atoms. The molecule has 0 aliphatic rings. The first-order chi connectivity index (χ1) is 9.08. The molecule has 2 N–H and O–H groups in total. The fraction of sp³-hybridized carbons (Fsp3) is 0.364. The lowest BCUT2D eigenvalue weighted by Crippen LogP contribution is -2.44. The first kappa shape index (κ1) is 16.8. The highest BCUT2D eigenvalue weighted by Crippen LogP contribution is 2.26. The Bertz CT molecular complexity index is 634. The van der Waals surface area contributed by atoms with Crippen molar-refractivity contribution in [2.75, 3.05) is 0 Å². The molecule has 0 bridgehead atoms. The van der Waals surface area contributed by atoms with E-state index < -0.39 is 49.5 Å². The van der Waals surface area contributed by atoms with E-state index in [1.54, 1.807) is 4.72 Å². The number of hydrogen-bond donors (Lipinski definition) is 2. The maximum Gasteiger partial charge on any atom is 0.322 e. The summed E-state index contributed by atoms with van der Waals surface area (Å²) in [5, 5.41) is 8.38. The highest BCUT2D eigenvalue weighted by molar-refractivity contribution is 7.89. The monoisotopic (exact) mass is 327 g/mol. The van der Waals surface area contributed by atoms with Crippen molar-refractivity contribution in [3.63, 3.8) is 0 Å². The molecular formula is C11H12ClF2NO4S. The van der Waals surface area contributed by atoms with Gasteiger partial charge >= 0.3 is 5.97 Å². The molecule has 9 heteroatoms. The summed E-state index contributed by atoms with van der Waals surface area (Å²) in [6.07, 6.45) is 0. The van der Waals surface area contributed by atoms with Crippen molar-refractivity contribution in [1.29, 1.82) is 0 Å². The molecule has 0 saturated carbocycles. The van der Waals surface area contributed by atoms with Crippen molar-refractivity contribution >= 4 is 27.6 Å². The van der Waals surface area contributed by atoms with E-state index in [2.05, 4.69) is 0 Å². The summed E-state index contributed by atoms with van der Waals surface area (Å²) in [5.41, 5.74) is 0. The number of nitrogens with one attached hydrogen (secondary N) is 1. The minimum absolute atomic E-state index is 0.538. The van der Waals surface area contributed by atoms with E-state index in [-0.39, 0.29) is 0 Å². The van der Waals surface area contributed by atoms with Gasteiger partial charge in [0, 0.05) is 0 Å². The Balaban J connectivity index is 3.31. The fourth-order valence-corrected chi connectivity index (χ4v) is 3.39. The van der Waals surface area contributed by atoms with Crippen LogP contribution in [0.4, 0.5) is 8.78 Å². The Morgan fingerprint density at radius 1 is 1.35 bits per heavy atom. The van der Waals surface area contributed by atoms with Crippen molar-refractivity contribution in [3.8, 4) is 0 Å². The Morgan fingerprint density at radius 3 is 2.35 bits per heavy atom. The van der Waals surface area contributed by atoms with Gasteiger partial charge in [0.2, 0.25) is 10.0 Å². The average Bonchev–Trinajstić information content (AvgIpc) is 2.30. The van der Waals surface area contributed by atoms with Crippen molar-refractivity contribution < 1.29 is 27.1 Å². The van der Waals surface area contributed by atoms with Crippen LogP contribution < -0.4 is 4.72 Å². The maximum atomic E-state index is 13.6. The van der Waals surface area contributed by atoms with E-state index in [1.165, 1.54) is 13.8 Å². The average molecular weight is 328 g/mol. The van der Waals surface area contributed by atoms with Crippen molar-refractivity contribution in [3.05, 3.63) is 28.8 Å². The van der Waals surface area contributed by atoms with Crippen LogP contribution in [-0.4, -0.2) is 25.5 Å². The standard InChI is InChI=1S/C11H12ClF2NO4S/c1-5(2)9(11(16)17)15-20(18,19)10-6(12)3-4-7(13)8(10)14/h3-5,9,15H,1-2H3,(H,16,17)/t9-/m1/s1. The third-order valence-electron chi connectivity index (χ3n) is 2.49. The van der Waals surface area contributed by atoms with Crippen molar-refractivity contribution in [2.24, 2.45) is 5.92 Å². The number of aliphatic carboxylic acids is 1. The molecule has 1 rings (SSSR count). The zero-order valence-corrected chi connectivity index (χ0v) is 12.1. The predicted molar refractivity (Wildman–Crippen MR) is 68.0 cm³/mol. The molecule has 5 nitrogen and oxygen atoms in total. The molecule has 0 unspecified atom stereocenters. The SMILES string of the molecule is CC(C)[C@@H](NS(=O)(=O)c1c(Cl)ccc(F)c1F)C(=O)O. The molecule has 1 aromatic rings. The van der Waals surface area contributed by atoms with Crippen LogP contribution >= 0.6 is 11.6 Å². The molecule has 1 aromatic carbocycles. The van der Waals surface area contributed by atoms with E-state index in [0.717, 1.165) is 6.07 Å². The minimum atomic E-state index is -4.61. The maximum absolute atomic E-state index is 13.6. The molecule has 0 aromatic heterocycles. The van der Waals surface area contributed by atoms with Gasteiger partial charge in [-0.2, -0.15) is 4.72 Å². The van der Waals surface area contributed by atoms with Gasteiger partial charge in [0.25, 0.3) is 0 Å². The van der Waals surface area contributed by atoms with Crippen LogP contribution in [0.3, 0.4) is 0 Å². The van der Waals surface area contributed by atoms with Crippen LogP contribution in [0.2, 0.25) is 5.02 Å². The fourth-order valence-electron chi connectivity index (χ4n) is 1.45. The first-order valence-electron chi connectivity index (χ1n) is 5.46. The summed E-state index contributed by atoms with van der Waals surface area (Å²) in [6.45, 7) is 2.93. The van der Waals surface area contributed by atoms with Crippen LogP contribution in [-0.2, 0) is 14.8 Å². The van der Waals surface area contributed by atoms with Crippen molar-refractivity contribution in [1.82, 2.24) is 4.72 Å². The second-order valence-corrected chi connectivity index (χ2v) is 6.41. The van der Waals surface area contributed by atoms with E-state index in [1.807, 2.05) is 0 Å². The first-order valence-corrected chi connectivity index (χ1v) is 7.32. The van der Waals surface area contributed by atoms with Gasteiger partial charge in [-0.25, -0.2) is 17.2 Å². The Hall–Kier alpha value is -1.25. The molecule has 20 heavy (non-hydrogen) atoms. The van der Waals surface area contributed by atoms with Gasteiger partial charge in [0.15, 0.2) is 11.6 Å². The molecule has 0 aliphatic heterocycles. The molecule has 0 saturated heterocycles. The zero-order valence-electron chi connectivity index (χ0n) is 10.5. The number of benzene rings is 1. The largest absolute Gasteiger partial charge is 0.480 e. The molecule has 0 aliphatic carbocycles. The summed E-state index contributed by atoms with van der Waals surface area (Å²) in [5.74, 6) is -5.08. The molecule has 0 fully saturated rings. The van der Waals surface area contributed by atoms with Crippen LogP contribution in [0.5, 0.6) is 0 Å². The number of carboxylic acid groups (broad SMARTS) is 1.